The van der Waals surface area contributed by atoms with Gasteiger partial charge in [-0.05, 0) is 78.9 Å². The van der Waals surface area contributed by atoms with Crippen molar-refractivity contribution in [2.75, 3.05) is 0 Å². The van der Waals surface area contributed by atoms with E-state index in [4.69, 9.17) is 0 Å². The van der Waals surface area contributed by atoms with Crippen molar-refractivity contribution >= 4 is 5.78 Å². The van der Waals surface area contributed by atoms with Gasteiger partial charge < -0.3 is 10.2 Å². The van der Waals surface area contributed by atoms with Crippen molar-refractivity contribution in [3.05, 3.63) is 12.7 Å². The summed E-state index contributed by atoms with van der Waals surface area (Å²) in [7, 11) is 0. The highest BCUT2D eigenvalue weighted by Gasteiger charge is 2.63. The fourth-order valence-corrected chi connectivity index (χ4v) is 8.14. The molecule has 0 spiro atoms. The minimum absolute atomic E-state index is 0.0594. The number of Topliss-reactive ketones (excluding diaryl/α,β-unsaturated/α-hetero) is 1. The zero-order valence-corrected chi connectivity index (χ0v) is 16.7. The highest BCUT2D eigenvalue weighted by atomic mass is 16.3. The standard InChI is InChI=1S/C23H36O3/c1-5-13(2)15-6-7-16-14-10-19(24)18-11-20(25)21(26)12-23(18,4)17(14)8-9-22(15,16)3/h5,13-18,20-21,25-26H,1,6-12H2,2-4H3/t13-,14?,15-,16?,17?,18-,20+,21-,22-,23-/m1/s1. The summed E-state index contributed by atoms with van der Waals surface area (Å²) in [5.74, 6) is 3.12. The predicted molar refractivity (Wildman–Crippen MR) is 102 cm³/mol. The maximum Gasteiger partial charge on any atom is 0.136 e. The summed E-state index contributed by atoms with van der Waals surface area (Å²) in [6.45, 7) is 11.1. The maximum absolute atomic E-state index is 13.1. The number of carbonyl (C=O) groups is 1. The van der Waals surface area contributed by atoms with Crippen LogP contribution in [0.15, 0.2) is 12.7 Å². The van der Waals surface area contributed by atoms with Gasteiger partial charge in [0.15, 0.2) is 0 Å². The van der Waals surface area contributed by atoms with Crippen molar-refractivity contribution in [2.45, 2.75) is 77.9 Å². The van der Waals surface area contributed by atoms with E-state index >= 15 is 0 Å². The number of aliphatic hydroxyl groups excluding tert-OH is 2. The molecule has 0 aromatic rings. The molecule has 3 nitrogen and oxygen atoms in total. The average Bonchev–Trinajstić information content (AvgIpc) is 2.94. The molecule has 0 aliphatic heterocycles. The Labute approximate surface area is 158 Å². The molecule has 4 fully saturated rings. The third kappa shape index (κ3) is 2.42. The zero-order chi connectivity index (χ0) is 18.9. The second-order valence-corrected chi connectivity index (χ2v) is 10.5. The Bertz CT molecular complexity index is 600. The Morgan fingerprint density at radius 1 is 1.12 bits per heavy atom. The third-order valence-electron chi connectivity index (χ3n) is 9.56. The molecule has 26 heavy (non-hydrogen) atoms. The molecule has 0 bridgehead atoms. The molecule has 4 aliphatic carbocycles. The van der Waals surface area contributed by atoms with Gasteiger partial charge in [0, 0.05) is 12.3 Å². The van der Waals surface area contributed by atoms with E-state index in [1.807, 2.05) is 0 Å². The normalized spacial score (nSPS) is 54.8. The lowest BCUT2D eigenvalue weighted by Crippen LogP contribution is -2.59. The van der Waals surface area contributed by atoms with Gasteiger partial charge in [-0.2, -0.15) is 0 Å². The summed E-state index contributed by atoms with van der Waals surface area (Å²) >= 11 is 0. The molecule has 4 saturated carbocycles. The van der Waals surface area contributed by atoms with Gasteiger partial charge in [0.25, 0.3) is 0 Å². The van der Waals surface area contributed by atoms with Crippen LogP contribution < -0.4 is 0 Å². The van der Waals surface area contributed by atoms with Gasteiger partial charge in [0.2, 0.25) is 0 Å². The van der Waals surface area contributed by atoms with Crippen molar-refractivity contribution in [1.29, 1.82) is 0 Å². The number of hydrogen-bond acceptors (Lipinski definition) is 3. The lowest BCUT2D eigenvalue weighted by atomic mass is 9.44. The first-order chi connectivity index (χ1) is 12.2. The Morgan fingerprint density at radius 2 is 1.81 bits per heavy atom. The van der Waals surface area contributed by atoms with Crippen molar-refractivity contribution in [3.63, 3.8) is 0 Å². The first kappa shape index (κ1) is 18.7. The van der Waals surface area contributed by atoms with Crippen LogP contribution in [-0.4, -0.2) is 28.2 Å². The van der Waals surface area contributed by atoms with E-state index < -0.39 is 12.2 Å². The van der Waals surface area contributed by atoms with Crippen LogP contribution in [0.5, 0.6) is 0 Å². The van der Waals surface area contributed by atoms with Crippen LogP contribution in [0.25, 0.3) is 0 Å². The molecule has 0 amide bonds. The second kappa shape index (κ2) is 6.17. The van der Waals surface area contributed by atoms with E-state index in [2.05, 4.69) is 33.4 Å². The van der Waals surface area contributed by atoms with Gasteiger partial charge in [-0.15, -0.1) is 6.58 Å². The summed E-state index contributed by atoms with van der Waals surface area (Å²) in [4.78, 5) is 13.1. The van der Waals surface area contributed by atoms with Gasteiger partial charge in [0.05, 0.1) is 12.2 Å². The molecular formula is C23H36O3. The van der Waals surface area contributed by atoms with Crippen LogP contribution in [0.4, 0.5) is 0 Å². The smallest absolute Gasteiger partial charge is 0.136 e. The second-order valence-electron chi connectivity index (χ2n) is 10.5. The van der Waals surface area contributed by atoms with E-state index in [-0.39, 0.29) is 11.3 Å². The van der Waals surface area contributed by atoms with E-state index in [1.54, 1.807) is 0 Å². The first-order valence-corrected chi connectivity index (χ1v) is 10.7. The van der Waals surface area contributed by atoms with Gasteiger partial charge in [0.1, 0.15) is 5.78 Å². The Kier molecular flexibility index (Phi) is 4.43. The van der Waals surface area contributed by atoms with E-state index in [0.29, 0.717) is 60.1 Å². The summed E-state index contributed by atoms with van der Waals surface area (Å²) in [6, 6.07) is 0. The number of fused-ring (bicyclic) bond motifs is 5. The van der Waals surface area contributed by atoms with E-state index in [1.165, 1.54) is 25.7 Å². The minimum Gasteiger partial charge on any atom is -0.390 e. The van der Waals surface area contributed by atoms with Crippen LogP contribution in [0.3, 0.4) is 0 Å². The molecule has 146 valence electrons. The van der Waals surface area contributed by atoms with Gasteiger partial charge in [-0.25, -0.2) is 0 Å². The number of rotatable bonds is 2. The summed E-state index contributed by atoms with van der Waals surface area (Å²) in [5.41, 5.74) is 0.188. The maximum atomic E-state index is 13.1. The molecule has 0 heterocycles. The van der Waals surface area contributed by atoms with Crippen molar-refractivity contribution < 1.29 is 15.0 Å². The number of hydrogen-bond donors (Lipinski definition) is 2. The molecule has 0 aromatic heterocycles. The molecule has 0 aromatic carbocycles. The minimum atomic E-state index is -0.730. The monoisotopic (exact) mass is 360 g/mol. The lowest BCUT2D eigenvalue weighted by molar-refractivity contribution is -0.173. The van der Waals surface area contributed by atoms with E-state index in [9.17, 15) is 15.0 Å². The summed E-state index contributed by atoms with van der Waals surface area (Å²) in [5, 5.41) is 20.5. The summed E-state index contributed by atoms with van der Waals surface area (Å²) < 4.78 is 0. The van der Waals surface area contributed by atoms with Crippen molar-refractivity contribution in [2.24, 2.45) is 46.3 Å². The molecule has 0 saturated heterocycles. The molecule has 3 unspecified atom stereocenters. The molecule has 3 heteroatoms. The Balaban J connectivity index is 1.66. The first-order valence-electron chi connectivity index (χ1n) is 10.7. The SMILES string of the molecule is C=C[C@@H](C)[C@H]1CCC2C3CC(=O)[C@H]4C[C@H](O)[C@H](O)C[C@]4(C)C3CC[C@@]21C. The highest BCUT2D eigenvalue weighted by molar-refractivity contribution is 5.83. The van der Waals surface area contributed by atoms with Crippen LogP contribution in [0, 0.1) is 46.3 Å². The van der Waals surface area contributed by atoms with Crippen LogP contribution >= 0.6 is 0 Å². The third-order valence-corrected chi connectivity index (χ3v) is 9.56. The number of carbonyl (C=O) groups excluding carboxylic acids is 1. The fraction of sp³-hybridized carbons (Fsp3) is 0.870. The average molecular weight is 361 g/mol. The van der Waals surface area contributed by atoms with Gasteiger partial charge >= 0.3 is 0 Å². The number of ketones is 1. The molecule has 4 aliphatic rings. The van der Waals surface area contributed by atoms with E-state index in [0.717, 1.165) is 0 Å². The highest BCUT2D eigenvalue weighted by Crippen LogP contribution is 2.67. The fourth-order valence-electron chi connectivity index (χ4n) is 8.14. The zero-order valence-electron chi connectivity index (χ0n) is 16.7. The summed E-state index contributed by atoms with van der Waals surface area (Å²) in [6.07, 6.45) is 7.35. The molecule has 0 radical (unpaired) electrons. The predicted octanol–water partition coefficient (Wildman–Crippen LogP) is 3.98. The van der Waals surface area contributed by atoms with Crippen LogP contribution in [0.2, 0.25) is 0 Å². The Hall–Kier alpha value is -0.670. The molecule has 10 atom stereocenters. The number of allylic oxidation sites excluding steroid dienone is 1. The largest absolute Gasteiger partial charge is 0.390 e. The Morgan fingerprint density at radius 3 is 2.50 bits per heavy atom. The number of aliphatic hydroxyl groups is 2. The quantitative estimate of drug-likeness (QED) is 0.733. The van der Waals surface area contributed by atoms with Gasteiger partial charge in [-0.3, -0.25) is 4.79 Å². The molecular weight excluding hydrogens is 324 g/mol. The molecule has 2 N–H and O–H groups in total. The molecule has 4 rings (SSSR count). The van der Waals surface area contributed by atoms with Crippen molar-refractivity contribution in [1.82, 2.24) is 0 Å². The topological polar surface area (TPSA) is 57.5 Å². The van der Waals surface area contributed by atoms with Crippen LogP contribution in [-0.2, 0) is 4.79 Å². The van der Waals surface area contributed by atoms with Gasteiger partial charge in [-0.1, -0.05) is 26.8 Å². The van der Waals surface area contributed by atoms with Crippen molar-refractivity contribution in [3.8, 4) is 0 Å². The lowest BCUT2D eigenvalue weighted by Gasteiger charge is -2.60. The van der Waals surface area contributed by atoms with Crippen LogP contribution in [0.1, 0.15) is 65.7 Å².